The van der Waals surface area contributed by atoms with Crippen molar-refractivity contribution in [2.24, 2.45) is 0 Å². The number of ketones is 1. The van der Waals surface area contributed by atoms with Crippen LogP contribution in [0.5, 0.6) is 0 Å². The van der Waals surface area contributed by atoms with Crippen LogP contribution in [-0.4, -0.2) is 10.8 Å². The minimum absolute atomic E-state index is 0.0111. The molecule has 0 radical (unpaired) electrons. The van der Waals surface area contributed by atoms with Gasteiger partial charge in [0.25, 0.3) is 0 Å². The van der Waals surface area contributed by atoms with Crippen molar-refractivity contribution in [3.05, 3.63) is 71.7 Å². The van der Waals surface area contributed by atoms with Crippen LogP contribution < -0.4 is 0 Å². The van der Waals surface area contributed by atoms with Crippen molar-refractivity contribution in [2.75, 3.05) is 0 Å². The molecule has 2 nitrogen and oxygen atoms in total. The van der Waals surface area contributed by atoms with Gasteiger partial charge in [-0.1, -0.05) is 30.3 Å². The highest BCUT2D eigenvalue weighted by atomic mass is 19.1. The monoisotopic (exact) mass is 253 g/mol. The molecule has 0 atom stereocenters. The molecule has 0 spiro atoms. The molecule has 1 aromatic heterocycles. The number of H-pyrrole nitrogens is 1. The Labute approximate surface area is 109 Å². The predicted molar refractivity (Wildman–Crippen MR) is 72.7 cm³/mol. The van der Waals surface area contributed by atoms with Crippen molar-refractivity contribution in [3.63, 3.8) is 0 Å². The number of rotatable bonds is 3. The summed E-state index contributed by atoms with van der Waals surface area (Å²) in [5.41, 5.74) is 2.28. The number of aromatic amines is 1. The molecule has 0 aliphatic heterocycles. The summed E-state index contributed by atoms with van der Waals surface area (Å²) in [6.45, 7) is 0. The Kier molecular flexibility index (Phi) is 2.88. The molecule has 0 saturated heterocycles. The SMILES string of the molecule is O=C(Cc1cccc(F)c1)c1c[nH]c2ccccc12. The standard InChI is InChI=1S/C16H12FNO/c17-12-5-3-4-11(8-12)9-16(19)14-10-18-15-7-2-1-6-13(14)15/h1-8,10,18H,9H2. The molecule has 0 aliphatic rings. The van der Waals surface area contributed by atoms with E-state index in [1.807, 2.05) is 24.3 Å². The summed E-state index contributed by atoms with van der Waals surface area (Å²) in [5, 5.41) is 0.906. The molecule has 0 fully saturated rings. The fourth-order valence-electron chi connectivity index (χ4n) is 2.23. The molecular formula is C16H12FNO. The van der Waals surface area contributed by atoms with E-state index in [-0.39, 0.29) is 18.0 Å². The zero-order valence-corrected chi connectivity index (χ0v) is 10.2. The van der Waals surface area contributed by atoms with Gasteiger partial charge < -0.3 is 4.98 Å². The van der Waals surface area contributed by atoms with E-state index >= 15 is 0 Å². The van der Waals surface area contributed by atoms with E-state index in [4.69, 9.17) is 0 Å². The summed E-state index contributed by atoms with van der Waals surface area (Å²) in [7, 11) is 0. The Bertz CT molecular complexity index is 745. The normalized spacial score (nSPS) is 10.8. The summed E-state index contributed by atoms with van der Waals surface area (Å²) in [4.78, 5) is 15.3. The summed E-state index contributed by atoms with van der Waals surface area (Å²) < 4.78 is 13.1. The number of Topliss-reactive ketones (excluding diaryl/α,β-unsaturated/α-hetero) is 1. The molecule has 0 aliphatic carbocycles. The van der Waals surface area contributed by atoms with Crippen LogP contribution in [0.4, 0.5) is 4.39 Å². The second kappa shape index (κ2) is 4.69. The van der Waals surface area contributed by atoms with Gasteiger partial charge in [-0.15, -0.1) is 0 Å². The van der Waals surface area contributed by atoms with E-state index in [2.05, 4.69) is 4.98 Å². The van der Waals surface area contributed by atoms with Crippen LogP contribution in [0.1, 0.15) is 15.9 Å². The highest BCUT2D eigenvalue weighted by Gasteiger charge is 2.12. The lowest BCUT2D eigenvalue weighted by Crippen LogP contribution is -2.02. The van der Waals surface area contributed by atoms with Gasteiger partial charge in [-0.05, 0) is 23.8 Å². The number of nitrogens with one attached hydrogen (secondary N) is 1. The van der Waals surface area contributed by atoms with E-state index in [1.54, 1.807) is 18.3 Å². The third kappa shape index (κ3) is 2.27. The Hall–Kier alpha value is -2.42. The van der Waals surface area contributed by atoms with E-state index in [9.17, 15) is 9.18 Å². The Morgan fingerprint density at radius 3 is 2.79 bits per heavy atom. The molecular weight excluding hydrogens is 241 g/mol. The van der Waals surface area contributed by atoms with Crippen molar-refractivity contribution < 1.29 is 9.18 Å². The predicted octanol–water partition coefficient (Wildman–Crippen LogP) is 3.73. The van der Waals surface area contributed by atoms with E-state index in [1.165, 1.54) is 12.1 Å². The first-order valence-electron chi connectivity index (χ1n) is 6.08. The van der Waals surface area contributed by atoms with Gasteiger partial charge in [0.1, 0.15) is 5.82 Å². The summed E-state index contributed by atoms with van der Waals surface area (Å²) in [6, 6.07) is 13.8. The maximum atomic E-state index is 13.1. The zero-order valence-electron chi connectivity index (χ0n) is 10.2. The van der Waals surface area contributed by atoms with Gasteiger partial charge in [0.05, 0.1) is 0 Å². The fourth-order valence-corrected chi connectivity index (χ4v) is 2.23. The lowest BCUT2D eigenvalue weighted by Gasteiger charge is -2.00. The zero-order chi connectivity index (χ0) is 13.2. The third-order valence-electron chi connectivity index (χ3n) is 3.14. The number of hydrogen-bond acceptors (Lipinski definition) is 1. The first kappa shape index (κ1) is 11.7. The molecule has 3 aromatic rings. The second-order valence-electron chi connectivity index (χ2n) is 4.48. The smallest absolute Gasteiger partial charge is 0.169 e. The third-order valence-corrected chi connectivity index (χ3v) is 3.14. The van der Waals surface area contributed by atoms with Gasteiger partial charge in [0, 0.05) is 29.1 Å². The molecule has 0 unspecified atom stereocenters. The van der Waals surface area contributed by atoms with Gasteiger partial charge in [-0.3, -0.25) is 4.79 Å². The van der Waals surface area contributed by atoms with E-state index < -0.39 is 0 Å². The average Bonchev–Trinajstić information content (AvgIpc) is 2.82. The van der Waals surface area contributed by atoms with Crippen LogP contribution in [0, 0.1) is 5.82 Å². The van der Waals surface area contributed by atoms with Crippen molar-refractivity contribution >= 4 is 16.7 Å². The van der Waals surface area contributed by atoms with Gasteiger partial charge in [-0.2, -0.15) is 0 Å². The first-order chi connectivity index (χ1) is 9.24. The average molecular weight is 253 g/mol. The van der Waals surface area contributed by atoms with Gasteiger partial charge in [-0.25, -0.2) is 4.39 Å². The highest BCUT2D eigenvalue weighted by Crippen LogP contribution is 2.19. The fraction of sp³-hybridized carbons (Fsp3) is 0.0625. The number of carbonyl (C=O) groups excluding carboxylic acids is 1. The van der Waals surface area contributed by atoms with Crippen LogP contribution in [0.15, 0.2) is 54.7 Å². The van der Waals surface area contributed by atoms with Gasteiger partial charge in [0.15, 0.2) is 5.78 Å². The maximum absolute atomic E-state index is 13.1. The topological polar surface area (TPSA) is 32.9 Å². The number of aromatic nitrogens is 1. The molecule has 0 bridgehead atoms. The number of hydrogen-bond donors (Lipinski definition) is 1. The van der Waals surface area contributed by atoms with Crippen molar-refractivity contribution in [1.29, 1.82) is 0 Å². The summed E-state index contributed by atoms with van der Waals surface area (Å²) in [5.74, 6) is -0.327. The minimum atomic E-state index is -0.316. The summed E-state index contributed by atoms with van der Waals surface area (Å²) >= 11 is 0. The molecule has 0 amide bonds. The summed E-state index contributed by atoms with van der Waals surface area (Å²) in [6.07, 6.45) is 1.92. The quantitative estimate of drug-likeness (QED) is 0.709. The number of benzene rings is 2. The number of fused-ring (bicyclic) bond motifs is 1. The molecule has 19 heavy (non-hydrogen) atoms. The maximum Gasteiger partial charge on any atom is 0.169 e. The molecule has 1 N–H and O–H groups in total. The highest BCUT2D eigenvalue weighted by molar-refractivity contribution is 6.08. The second-order valence-corrected chi connectivity index (χ2v) is 4.48. The Morgan fingerprint density at radius 2 is 1.95 bits per heavy atom. The largest absolute Gasteiger partial charge is 0.360 e. The first-order valence-corrected chi connectivity index (χ1v) is 6.08. The number of halogens is 1. The van der Waals surface area contributed by atoms with Crippen molar-refractivity contribution in [1.82, 2.24) is 4.98 Å². The molecule has 0 saturated carbocycles. The van der Waals surface area contributed by atoms with Crippen LogP contribution in [-0.2, 0) is 6.42 Å². The van der Waals surface area contributed by atoms with E-state index in [0.717, 1.165) is 10.9 Å². The minimum Gasteiger partial charge on any atom is -0.360 e. The molecule has 3 rings (SSSR count). The van der Waals surface area contributed by atoms with Crippen molar-refractivity contribution in [2.45, 2.75) is 6.42 Å². The van der Waals surface area contributed by atoms with Crippen LogP contribution in [0.25, 0.3) is 10.9 Å². The Balaban J connectivity index is 1.92. The van der Waals surface area contributed by atoms with E-state index in [0.29, 0.717) is 11.1 Å². The lowest BCUT2D eigenvalue weighted by molar-refractivity contribution is 0.0994. The van der Waals surface area contributed by atoms with Crippen LogP contribution in [0.3, 0.4) is 0 Å². The molecule has 2 aromatic carbocycles. The molecule has 94 valence electrons. The number of para-hydroxylation sites is 1. The van der Waals surface area contributed by atoms with Crippen molar-refractivity contribution in [3.8, 4) is 0 Å². The van der Waals surface area contributed by atoms with Crippen LogP contribution >= 0.6 is 0 Å². The molecule has 1 heterocycles. The number of carbonyl (C=O) groups is 1. The lowest BCUT2D eigenvalue weighted by atomic mass is 10.0. The molecule has 3 heteroatoms. The van der Waals surface area contributed by atoms with Crippen LogP contribution in [0.2, 0.25) is 0 Å². The van der Waals surface area contributed by atoms with Gasteiger partial charge in [0.2, 0.25) is 0 Å². The van der Waals surface area contributed by atoms with Gasteiger partial charge >= 0.3 is 0 Å². The Morgan fingerprint density at radius 1 is 1.11 bits per heavy atom.